The van der Waals surface area contributed by atoms with Crippen molar-refractivity contribution in [3.8, 4) is 17.2 Å². The molecule has 5 heteroatoms. The van der Waals surface area contributed by atoms with E-state index in [1.807, 2.05) is 0 Å². The predicted molar refractivity (Wildman–Crippen MR) is 101 cm³/mol. The van der Waals surface area contributed by atoms with Gasteiger partial charge in [0.2, 0.25) is 0 Å². The van der Waals surface area contributed by atoms with Crippen LogP contribution in [0.4, 0.5) is 0 Å². The Morgan fingerprint density at radius 3 is 2.23 bits per heavy atom. The van der Waals surface area contributed by atoms with Gasteiger partial charge in [-0.1, -0.05) is 24.3 Å². The number of phenolic OH excluding ortho intramolecular Hbond substituents is 2. The molecule has 0 amide bonds. The van der Waals surface area contributed by atoms with Crippen molar-refractivity contribution in [3.05, 3.63) is 77.1 Å². The summed E-state index contributed by atoms with van der Waals surface area (Å²) >= 11 is 0. The normalized spacial score (nSPS) is 12.0. The van der Waals surface area contributed by atoms with E-state index in [-0.39, 0.29) is 23.0 Å². The number of carbonyl (C=O) groups excluding carboxylic acids is 1. The summed E-state index contributed by atoms with van der Waals surface area (Å²) in [7, 11) is 1.44. The van der Waals surface area contributed by atoms with E-state index in [0.29, 0.717) is 11.3 Å². The molecule has 0 aliphatic rings. The van der Waals surface area contributed by atoms with Crippen LogP contribution in [0.1, 0.15) is 16.7 Å². The van der Waals surface area contributed by atoms with Gasteiger partial charge >= 0.3 is 0 Å². The highest BCUT2D eigenvalue weighted by Crippen LogP contribution is 2.26. The number of hydrogen-bond acceptors (Lipinski definition) is 5. The number of aliphatic hydroxyl groups excluding tert-OH is 1. The van der Waals surface area contributed by atoms with Gasteiger partial charge in [-0.2, -0.15) is 0 Å². The molecule has 26 heavy (non-hydrogen) atoms. The second-order valence-corrected chi connectivity index (χ2v) is 5.62. The number of rotatable bonds is 6. The zero-order valence-corrected chi connectivity index (χ0v) is 14.5. The highest BCUT2D eigenvalue weighted by molar-refractivity contribution is 6.02. The highest BCUT2D eigenvalue weighted by Gasteiger charge is 2.01. The molecule has 0 unspecified atom stereocenters. The van der Waals surface area contributed by atoms with E-state index in [9.17, 15) is 20.1 Å². The van der Waals surface area contributed by atoms with Gasteiger partial charge in [0, 0.05) is 6.08 Å². The third kappa shape index (κ3) is 5.27. The third-order valence-electron chi connectivity index (χ3n) is 3.60. The summed E-state index contributed by atoms with van der Waals surface area (Å²) in [6.07, 6.45) is 7.00. The monoisotopic (exact) mass is 352 g/mol. The number of aryl methyl sites for hydroxylation is 1. The van der Waals surface area contributed by atoms with E-state index in [1.165, 1.54) is 25.3 Å². The van der Waals surface area contributed by atoms with Crippen molar-refractivity contribution in [2.45, 2.75) is 6.92 Å². The lowest BCUT2D eigenvalue weighted by molar-refractivity contribution is -0.110. The molecule has 2 aromatic carbocycles. The predicted octanol–water partition coefficient (Wildman–Crippen LogP) is 4.15. The number of allylic oxidation sites excluding steroid dienone is 3. The average Bonchev–Trinajstić information content (AvgIpc) is 2.62. The van der Waals surface area contributed by atoms with Crippen LogP contribution >= 0.6 is 0 Å². The van der Waals surface area contributed by atoms with Crippen LogP contribution in [0.2, 0.25) is 0 Å². The van der Waals surface area contributed by atoms with Crippen LogP contribution in [0, 0.1) is 6.92 Å². The maximum absolute atomic E-state index is 11.9. The van der Waals surface area contributed by atoms with Crippen LogP contribution in [0.25, 0.3) is 12.2 Å². The third-order valence-corrected chi connectivity index (χ3v) is 3.60. The van der Waals surface area contributed by atoms with Crippen LogP contribution in [0.3, 0.4) is 0 Å². The standard InChI is InChI=1S/C21H20O5/c1-14-11-15(5-9-19(14)24)3-7-17(22)13-18(23)8-4-16-6-10-20(25)21(12-16)26-2/h3-13,22,24-25H,1-2H3/b7-3+,8-4+,17-13?. The summed E-state index contributed by atoms with van der Waals surface area (Å²) in [6, 6.07) is 9.73. The van der Waals surface area contributed by atoms with E-state index < -0.39 is 0 Å². The molecule has 0 fully saturated rings. The van der Waals surface area contributed by atoms with Crippen LogP contribution in [-0.4, -0.2) is 28.2 Å². The lowest BCUT2D eigenvalue weighted by Crippen LogP contribution is -1.89. The number of methoxy groups -OCH3 is 1. The summed E-state index contributed by atoms with van der Waals surface area (Å²) in [6.45, 7) is 1.77. The Bertz CT molecular complexity index is 891. The summed E-state index contributed by atoms with van der Waals surface area (Å²) < 4.78 is 5.00. The van der Waals surface area contributed by atoms with E-state index >= 15 is 0 Å². The smallest absolute Gasteiger partial charge is 0.182 e. The van der Waals surface area contributed by atoms with Crippen LogP contribution in [0.5, 0.6) is 17.2 Å². The molecule has 0 aliphatic heterocycles. The molecular weight excluding hydrogens is 332 g/mol. The van der Waals surface area contributed by atoms with Gasteiger partial charge in [0.1, 0.15) is 11.5 Å². The minimum atomic E-state index is -0.388. The van der Waals surface area contributed by atoms with Crippen molar-refractivity contribution in [3.63, 3.8) is 0 Å². The lowest BCUT2D eigenvalue weighted by Gasteiger charge is -2.03. The topological polar surface area (TPSA) is 87.0 Å². The maximum Gasteiger partial charge on any atom is 0.182 e. The van der Waals surface area contributed by atoms with Crippen molar-refractivity contribution in [2.75, 3.05) is 7.11 Å². The Morgan fingerprint density at radius 2 is 1.58 bits per heavy atom. The van der Waals surface area contributed by atoms with Crippen LogP contribution in [-0.2, 0) is 4.79 Å². The van der Waals surface area contributed by atoms with E-state index in [2.05, 4.69) is 0 Å². The number of hydrogen-bond donors (Lipinski definition) is 3. The molecule has 0 heterocycles. The molecule has 0 aliphatic carbocycles. The van der Waals surface area contributed by atoms with Gasteiger partial charge in [-0.25, -0.2) is 0 Å². The second-order valence-electron chi connectivity index (χ2n) is 5.62. The average molecular weight is 352 g/mol. The summed E-state index contributed by atoms with van der Waals surface area (Å²) in [5.41, 5.74) is 2.19. The first-order valence-electron chi connectivity index (χ1n) is 7.86. The largest absolute Gasteiger partial charge is 0.508 e. The first-order chi connectivity index (χ1) is 12.4. The van der Waals surface area contributed by atoms with Gasteiger partial charge in [0.15, 0.2) is 17.3 Å². The molecule has 2 aromatic rings. The molecule has 134 valence electrons. The van der Waals surface area contributed by atoms with E-state index in [0.717, 1.165) is 17.2 Å². The van der Waals surface area contributed by atoms with Gasteiger partial charge in [-0.05, 0) is 60.0 Å². The molecule has 0 saturated heterocycles. The van der Waals surface area contributed by atoms with Crippen molar-refractivity contribution < 1.29 is 24.9 Å². The van der Waals surface area contributed by atoms with Crippen LogP contribution in [0.15, 0.2) is 60.4 Å². The Morgan fingerprint density at radius 1 is 0.962 bits per heavy atom. The molecule has 0 atom stereocenters. The first-order valence-corrected chi connectivity index (χ1v) is 7.86. The maximum atomic E-state index is 11.9. The number of phenols is 2. The second kappa shape index (κ2) is 8.58. The van der Waals surface area contributed by atoms with Crippen molar-refractivity contribution >= 4 is 17.9 Å². The van der Waals surface area contributed by atoms with Crippen molar-refractivity contribution in [2.24, 2.45) is 0 Å². The fourth-order valence-electron chi connectivity index (χ4n) is 2.18. The molecule has 2 rings (SSSR count). The van der Waals surface area contributed by atoms with E-state index in [1.54, 1.807) is 49.4 Å². The van der Waals surface area contributed by atoms with Gasteiger partial charge < -0.3 is 20.1 Å². The highest BCUT2D eigenvalue weighted by atomic mass is 16.5. The number of aromatic hydroxyl groups is 2. The Kier molecular flexibility index (Phi) is 6.22. The van der Waals surface area contributed by atoms with Crippen molar-refractivity contribution in [1.29, 1.82) is 0 Å². The Hall–Kier alpha value is -3.47. The summed E-state index contributed by atoms with van der Waals surface area (Å²) in [4.78, 5) is 11.9. The van der Waals surface area contributed by atoms with Crippen molar-refractivity contribution in [1.82, 2.24) is 0 Å². The van der Waals surface area contributed by atoms with Gasteiger partial charge in [0.05, 0.1) is 7.11 Å². The molecule has 0 aromatic heterocycles. The molecular formula is C21H20O5. The number of ether oxygens (including phenoxy) is 1. The molecule has 0 radical (unpaired) electrons. The zero-order valence-electron chi connectivity index (χ0n) is 14.5. The van der Waals surface area contributed by atoms with Crippen LogP contribution < -0.4 is 4.74 Å². The number of carbonyl (C=O) groups is 1. The molecule has 0 bridgehead atoms. The molecule has 0 saturated carbocycles. The number of ketones is 1. The minimum Gasteiger partial charge on any atom is -0.508 e. The van der Waals surface area contributed by atoms with Gasteiger partial charge in [-0.15, -0.1) is 0 Å². The molecule has 5 nitrogen and oxygen atoms in total. The van der Waals surface area contributed by atoms with E-state index in [4.69, 9.17) is 4.74 Å². The molecule has 0 spiro atoms. The Labute approximate surface area is 151 Å². The fourth-order valence-corrected chi connectivity index (χ4v) is 2.18. The zero-order chi connectivity index (χ0) is 19.1. The first kappa shape index (κ1) is 18.9. The summed E-state index contributed by atoms with van der Waals surface area (Å²) in [5.74, 6) is -0.0453. The summed E-state index contributed by atoms with van der Waals surface area (Å²) in [5, 5.41) is 28.9. The van der Waals surface area contributed by atoms with Gasteiger partial charge in [0.25, 0.3) is 0 Å². The fraction of sp³-hybridized carbons (Fsp3) is 0.0952. The number of aliphatic hydroxyl groups is 1. The lowest BCUT2D eigenvalue weighted by atomic mass is 10.1. The quantitative estimate of drug-likeness (QED) is 0.413. The Balaban J connectivity index is 2.04. The number of benzene rings is 2. The van der Waals surface area contributed by atoms with Gasteiger partial charge in [-0.3, -0.25) is 4.79 Å². The molecule has 3 N–H and O–H groups in total. The SMILES string of the molecule is COc1cc(/C=C/C(=O)C=C(O)/C=C/c2ccc(O)c(C)c2)ccc1O. The minimum absolute atomic E-state index is 0.0168.